The Morgan fingerprint density at radius 1 is 1.41 bits per heavy atom. The Kier molecular flexibility index (Phi) is 2.57. The van der Waals surface area contributed by atoms with E-state index in [4.69, 9.17) is 5.73 Å². The standard InChI is InChI=1S/C12H17N5/c1-16-7-3-5-10(16)12-15-14-11-6-2-4-9(8-13)17(11)12/h2,4,6,10H,3,5,7-8,13H2,1H3. The van der Waals surface area contributed by atoms with Crippen LogP contribution in [0.4, 0.5) is 0 Å². The molecule has 0 aromatic carbocycles. The van der Waals surface area contributed by atoms with Crippen LogP contribution in [0.1, 0.15) is 30.4 Å². The highest BCUT2D eigenvalue weighted by Crippen LogP contribution is 2.29. The molecule has 2 N–H and O–H groups in total. The first-order valence-corrected chi connectivity index (χ1v) is 6.04. The largest absolute Gasteiger partial charge is 0.325 e. The molecule has 0 bridgehead atoms. The predicted molar refractivity (Wildman–Crippen MR) is 65.5 cm³/mol. The molecule has 1 aliphatic heterocycles. The van der Waals surface area contributed by atoms with Crippen LogP contribution in [0, 0.1) is 0 Å². The van der Waals surface area contributed by atoms with Crippen molar-refractivity contribution in [1.29, 1.82) is 0 Å². The summed E-state index contributed by atoms with van der Waals surface area (Å²) >= 11 is 0. The quantitative estimate of drug-likeness (QED) is 0.836. The molecule has 1 aliphatic rings. The Morgan fingerprint density at radius 3 is 3.00 bits per heavy atom. The van der Waals surface area contributed by atoms with Gasteiger partial charge in [0, 0.05) is 12.2 Å². The van der Waals surface area contributed by atoms with Crippen LogP contribution in [0.25, 0.3) is 5.65 Å². The first kappa shape index (κ1) is 10.7. The molecule has 3 heterocycles. The molecule has 1 saturated heterocycles. The van der Waals surface area contributed by atoms with Gasteiger partial charge in [0.2, 0.25) is 0 Å². The summed E-state index contributed by atoms with van der Waals surface area (Å²) in [5.41, 5.74) is 7.75. The zero-order valence-electron chi connectivity index (χ0n) is 10.0. The number of hydrogen-bond acceptors (Lipinski definition) is 4. The highest BCUT2D eigenvalue weighted by molar-refractivity contribution is 5.40. The van der Waals surface area contributed by atoms with Crippen LogP contribution in [0.2, 0.25) is 0 Å². The Morgan fingerprint density at radius 2 is 2.29 bits per heavy atom. The Hall–Kier alpha value is -1.46. The summed E-state index contributed by atoms with van der Waals surface area (Å²) in [5.74, 6) is 1.03. The molecule has 0 spiro atoms. The third kappa shape index (κ3) is 1.62. The van der Waals surface area contributed by atoms with E-state index in [1.54, 1.807) is 0 Å². The highest BCUT2D eigenvalue weighted by atomic mass is 15.3. The molecule has 5 nitrogen and oxygen atoms in total. The minimum atomic E-state index is 0.373. The lowest BCUT2D eigenvalue weighted by Crippen LogP contribution is -2.20. The van der Waals surface area contributed by atoms with Crippen molar-refractivity contribution < 1.29 is 0 Å². The highest BCUT2D eigenvalue weighted by Gasteiger charge is 2.27. The van der Waals surface area contributed by atoms with Crippen LogP contribution < -0.4 is 5.73 Å². The van der Waals surface area contributed by atoms with Gasteiger partial charge < -0.3 is 5.73 Å². The number of aromatic nitrogens is 3. The molecule has 0 aliphatic carbocycles. The van der Waals surface area contributed by atoms with Gasteiger partial charge in [-0.05, 0) is 38.6 Å². The van der Waals surface area contributed by atoms with Gasteiger partial charge in [-0.25, -0.2) is 0 Å². The fourth-order valence-electron chi connectivity index (χ4n) is 2.64. The summed E-state index contributed by atoms with van der Waals surface area (Å²) in [5, 5.41) is 8.59. The molecule has 1 fully saturated rings. The van der Waals surface area contributed by atoms with E-state index in [1.807, 2.05) is 18.2 Å². The van der Waals surface area contributed by atoms with Gasteiger partial charge in [-0.1, -0.05) is 6.07 Å². The summed E-state index contributed by atoms with van der Waals surface area (Å²) < 4.78 is 2.10. The van der Waals surface area contributed by atoms with Crippen molar-refractivity contribution in [2.45, 2.75) is 25.4 Å². The van der Waals surface area contributed by atoms with E-state index >= 15 is 0 Å². The van der Waals surface area contributed by atoms with Crippen LogP contribution in [-0.2, 0) is 6.54 Å². The van der Waals surface area contributed by atoms with Gasteiger partial charge in [0.25, 0.3) is 0 Å². The number of fused-ring (bicyclic) bond motifs is 1. The van der Waals surface area contributed by atoms with E-state index in [0.717, 1.165) is 30.1 Å². The lowest BCUT2D eigenvalue weighted by Gasteiger charge is -2.18. The molecule has 3 rings (SSSR count). The summed E-state index contributed by atoms with van der Waals surface area (Å²) in [7, 11) is 2.14. The van der Waals surface area contributed by atoms with Crippen molar-refractivity contribution in [2.24, 2.45) is 5.73 Å². The predicted octanol–water partition coefficient (Wildman–Crippen LogP) is 0.955. The smallest absolute Gasteiger partial charge is 0.161 e. The van der Waals surface area contributed by atoms with Gasteiger partial charge in [0.1, 0.15) is 0 Å². The SMILES string of the molecule is CN1CCCC1c1nnc2cccc(CN)n12. The van der Waals surface area contributed by atoms with Gasteiger partial charge in [-0.15, -0.1) is 10.2 Å². The van der Waals surface area contributed by atoms with Gasteiger partial charge in [0.15, 0.2) is 11.5 Å². The molecular formula is C12H17N5. The van der Waals surface area contributed by atoms with Gasteiger partial charge in [-0.3, -0.25) is 9.30 Å². The molecule has 0 radical (unpaired) electrons. The van der Waals surface area contributed by atoms with Crippen LogP contribution in [0.5, 0.6) is 0 Å². The van der Waals surface area contributed by atoms with Crippen molar-refractivity contribution in [1.82, 2.24) is 19.5 Å². The molecule has 2 aromatic heterocycles. The average Bonchev–Trinajstić information content (AvgIpc) is 2.94. The van der Waals surface area contributed by atoms with E-state index in [9.17, 15) is 0 Å². The molecule has 1 atom stereocenters. The minimum Gasteiger partial charge on any atom is -0.325 e. The molecule has 90 valence electrons. The summed E-state index contributed by atoms with van der Waals surface area (Å²) in [6.07, 6.45) is 2.37. The zero-order chi connectivity index (χ0) is 11.8. The summed E-state index contributed by atoms with van der Waals surface area (Å²) in [4.78, 5) is 2.34. The second-order valence-corrected chi connectivity index (χ2v) is 4.61. The van der Waals surface area contributed by atoms with Crippen molar-refractivity contribution >= 4 is 5.65 Å². The maximum atomic E-state index is 5.79. The number of nitrogens with zero attached hydrogens (tertiary/aromatic N) is 4. The Labute approximate surface area is 100 Å². The Bertz CT molecular complexity index is 533. The fourth-order valence-corrected chi connectivity index (χ4v) is 2.64. The number of nitrogens with two attached hydrogens (primary N) is 1. The number of likely N-dealkylation sites (tertiary alicyclic amines) is 1. The first-order valence-electron chi connectivity index (χ1n) is 6.04. The third-order valence-electron chi connectivity index (χ3n) is 3.56. The second-order valence-electron chi connectivity index (χ2n) is 4.61. The van der Waals surface area contributed by atoms with E-state index in [1.165, 1.54) is 6.42 Å². The van der Waals surface area contributed by atoms with E-state index in [0.29, 0.717) is 12.6 Å². The van der Waals surface area contributed by atoms with Crippen molar-refractivity contribution in [3.05, 3.63) is 29.7 Å². The van der Waals surface area contributed by atoms with Gasteiger partial charge >= 0.3 is 0 Å². The van der Waals surface area contributed by atoms with Crippen LogP contribution >= 0.6 is 0 Å². The van der Waals surface area contributed by atoms with E-state index < -0.39 is 0 Å². The third-order valence-corrected chi connectivity index (χ3v) is 3.56. The average molecular weight is 231 g/mol. The normalized spacial score (nSPS) is 21.4. The second kappa shape index (κ2) is 4.09. The molecule has 17 heavy (non-hydrogen) atoms. The lowest BCUT2D eigenvalue weighted by molar-refractivity contribution is 0.303. The maximum Gasteiger partial charge on any atom is 0.161 e. The minimum absolute atomic E-state index is 0.373. The molecule has 0 saturated carbocycles. The topological polar surface area (TPSA) is 59.5 Å². The first-order chi connectivity index (χ1) is 8.31. The van der Waals surface area contributed by atoms with Crippen LogP contribution in [-0.4, -0.2) is 33.1 Å². The Balaban J connectivity index is 2.16. The lowest BCUT2D eigenvalue weighted by atomic mass is 10.2. The number of hydrogen-bond donors (Lipinski definition) is 1. The summed E-state index contributed by atoms with van der Waals surface area (Å²) in [6, 6.07) is 6.37. The number of rotatable bonds is 2. The van der Waals surface area contributed by atoms with E-state index in [-0.39, 0.29) is 0 Å². The van der Waals surface area contributed by atoms with Crippen molar-refractivity contribution in [3.8, 4) is 0 Å². The molecule has 5 heteroatoms. The van der Waals surface area contributed by atoms with Crippen LogP contribution in [0.3, 0.4) is 0 Å². The molecule has 0 amide bonds. The van der Waals surface area contributed by atoms with Gasteiger partial charge in [-0.2, -0.15) is 0 Å². The van der Waals surface area contributed by atoms with Crippen molar-refractivity contribution in [2.75, 3.05) is 13.6 Å². The van der Waals surface area contributed by atoms with E-state index in [2.05, 4.69) is 26.5 Å². The van der Waals surface area contributed by atoms with Crippen LogP contribution in [0.15, 0.2) is 18.2 Å². The fraction of sp³-hybridized carbons (Fsp3) is 0.500. The molecular weight excluding hydrogens is 214 g/mol. The molecule has 2 aromatic rings. The van der Waals surface area contributed by atoms with Crippen molar-refractivity contribution in [3.63, 3.8) is 0 Å². The van der Waals surface area contributed by atoms with Gasteiger partial charge in [0.05, 0.1) is 6.04 Å². The maximum absolute atomic E-state index is 5.79. The number of pyridine rings is 1. The summed E-state index contributed by atoms with van der Waals surface area (Å²) in [6.45, 7) is 1.64. The zero-order valence-corrected chi connectivity index (χ0v) is 10.0. The molecule has 1 unspecified atom stereocenters. The monoisotopic (exact) mass is 231 g/mol.